The van der Waals surface area contributed by atoms with Crippen molar-refractivity contribution >= 4 is 16.7 Å². The summed E-state index contributed by atoms with van der Waals surface area (Å²) in [6.45, 7) is 2.64. The Bertz CT molecular complexity index is 434. The van der Waals surface area contributed by atoms with Gasteiger partial charge in [-0.15, -0.1) is 0 Å². The van der Waals surface area contributed by atoms with E-state index in [1.807, 2.05) is 19.1 Å². The van der Waals surface area contributed by atoms with E-state index in [1.165, 1.54) is 0 Å². The Hall–Kier alpha value is -1.40. The number of hydrogen-bond acceptors (Lipinski definition) is 4. The topological polar surface area (TPSA) is 81.4 Å². The molecule has 0 aliphatic heterocycles. The second-order valence-electron chi connectivity index (χ2n) is 4.25. The van der Waals surface area contributed by atoms with Gasteiger partial charge >= 0.3 is 0 Å². The maximum absolute atomic E-state index is 11.5. The highest BCUT2D eigenvalue weighted by molar-refractivity contribution is 7.84. The van der Waals surface area contributed by atoms with Crippen LogP contribution in [0, 0.1) is 0 Å². The van der Waals surface area contributed by atoms with Crippen molar-refractivity contribution in [3.8, 4) is 5.75 Å². The van der Waals surface area contributed by atoms with E-state index in [9.17, 15) is 9.00 Å². The van der Waals surface area contributed by atoms with Crippen molar-refractivity contribution in [3.63, 3.8) is 0 Å². The molecule has 0 heterocycles. The lowest BCUT2D eigenvalue weighted by Gasteiger charge is -2.11. The molecule has 3 N–H and O–H groups in total. The molecule has 0 aliphatic carbocycles. The standard InChI is InChI=1S/C13H20N2O3S/c1-10(19(2)17)8-15-13(16)9-18-12-5-3-11(7-14)4-6-12/h3-6,10H,7-9,14H2,1-2H3,(H,15,16). The zero-order valence-electron chi connectivity index (χ0n) is 11.2. The second kappa shape index (κ2) is 7.91. The molecular formula is C13H20N2O3S. The third-order valence-corrected chi connectivity index (χ3v) is 3.98. The first-order valence-corrected chi connectivity index (χ1v) is 7.65. The average molecular weight is 284 g/mol. The second-order valence-corrected chi connectivity index (χ2v) is 6.05. The van der Waals surface area contributed by atoms with Gasteiger partial charge in [0, 0.05) is 35.4 Å². The monoisotopic (exact) mass is 284 g/mol. The van der Waals surface area contributed by atoms with Gasteiger partial charge in [-0.05, 0) is 24.6 Å². The molecule has 0 spiro atoms. The summed E-state index contributed by atoms with van der Waals surface area (Å²) in [7, 11) is -0.938. The van der Waals surface area contributed by atoms with E-state index in [1.54, 1.807) is 18.4 Å². The normalized spacial score (nSPS) is 13.6. The maximum Gasteiger partial charge on any atom is 0.257 e. The molecule has 0 bridgehead atoms. The average Bonchev–Trinajstić information content (AvgIpc) is 2.42. The number of rotatable bonds is 7. The summed E-state index contributed by atoms with van der Waals surface area (Å²) in [5.74, 6) is 0.402. The van der Waals surface area contributed by atoms with Crippen LogP contribution in [0.15, 0.2) is 24.3 Å². The van der Waals surface area contributed by atoms with Crippen molar-refractivity contribution < 1.29 is 13.7 Å². The lowest BCUT2D eigenvalue weighted by atomic mass is 10.2. The Balaban J connectivity index is 2.31. The van der Waals surface area contributed by atoms with Crippen LogP contribution in [0.2, 0.25) is 0 Å². The van der Waals surface area contributed by atoms with Gasteiger partial charge in [-0.3, -0.25) is 9.00 Å². The first kappa shape index (κ1) is 15.7. The molecule has 0 fully saturated rings. The zero-order chi connectivity index (χ0) is 14.3. The van der Waals surface area contributed by atoms with Gasteiger partial charge in [0.2, 0.25) is 0 Å². The Kier molecular flexibility index (Phi) is 6.52. The summed E-state index contributed by atoms with van der Waals surface area (Å²) in [5.41, 5.74) is 6.49. The molecule has 6 heteroatoms. The molecule has 0 radical (unpaired) electrons. The van der Waals surface area contributed by atoms with Gasteiger partial charge in [-0.2, -0.15) is 0 Å². The maximum atomic E-state index is 11.5. The fourth-order valence-electron chi connectivity index (χ4n) is 1.30. The number of ether oxygens (including phenoxy) is 1. The van der Waals surface area contributed by atoms with Gasteiger partial charge in [-0.25, -0.2) is 0 Å². The SMILES string of the molecule is CC(CNC(=O)COc1ccc(CN)cc1)S(C)=O. The van der Waals surface area contributed by atoms with E-state index in [0.29, 0.717) is 18.8 Å². The molecule has 19 heavy (non-hydrogen) atoms. The summed E-state index contributed by atoms with van der Waals surface area (Å²) in [6, 6.07) is 7.27. The highest BCUT2D eigenvalue weighted by Gasteiger charge is 2.08. The molecule has 0 aromatic heterocycles. The zero-order valence-corrected chi connectivity index (χ0v) is 12.0. The van der Waals surface area contributed by atoms with E-state index in [0.717, 1.165) is 5.56 Å². The Morgan fingerprint density at radius 3 is 2.58 bits per heavy atom. The van der Waals surface area contributed by atoms with Crippen LogP contribution in [0.4, 0.5) is 0 Å². The van der Waals surface area contributed by atoms with Crippen molar-refractivity contribution in [2.75, 3.05) is 19.4 Å². The van der Waals surface area contributed by atoms with Crippen molar-refractivity contribution in [1.29, 1.82) is 0 Å². The molecule has 2 atom stereocenters. The van der Waals surface area contributed by atoms with Gasteiger partial charge < -0.3 is 15.8 Å². The van der Waals surface area contributed by atoms with Crippen LogP contribution in [-0.4, -0.2) is 34.8 Å². The Morgan fingerprint density at radius 1 is 1.42 bits per heavy atom. The Labute approximate surface area is 116 Å². The molecule has 5 nitrogen and oxygen atoms in total. The molecule has 0 aliphatic rings. The Morgan fingerprint density at radius 2 is 2.05 bits per heavy atom. The molecule has 2 unspecified atom stereocenters. The number of carbonyl (C=O) groups is 1. The molecule has 1 aromatic carbocycles. The van der Waals surface area contributed by atoms with E-state index in [2.05, 4.69) is 5.32 Å². The summed E-state index contributed by atoms with van der Waals surface area (Å²) in [6.07, 6.45) is 1.62. The fraction of sp³-hybridized carbons (Fsp3) is 0.462. The number of nitrogens with one attached hydrogen (secondary N) is 1. The van der Waals surface area contributed by atoms with E-state index < -0.39 is 10.8 Å². The minimum atomic E-state index is -0.938. The van der Waals surface area contributed by atoms with E-state index >= 15 is 0 Å². The largest absolute Gasteiger partial charge is 0.484 e. The fourth-order valence-corrected chi connectivity index (χ4v) is 1.61. The van der Waals surface area contributed by atoms with E-state index in [4.69, 9.17) is 10.5 Å². The van der Waals surface area contributed by atoms with Crippen LogP contribution < -0.4 is 15.8 Å². The first-order chi connectivity index (χ1) is 9.02. The summed E-state index contributed by atoms with van der Waals surface area (Å²) >= 11 is 0. The summed E-state index contributed by atoms with van der Waals surface area (Å²) in [4.78, 5) is 11.5. The molecular weight excluding hydrogens is 264 g/mol. The van der Waals surface area contributed by atoms with Gasteiger partial charge in [0.25, 0.3) is 5.91 Å². The predicted octanol–water partition coefficient (Wildman–Crippen LogP) is 0.407. The van der Waals surface area contributed by atoms with Crippen LogP contribution in [-0.2, 0) is 22.1 Å². The van der Waals surface area contributed by atoms with Gasteiger partial charge in [0.05, 0.1) is 0 Å². The molecule has 1 amide bonds. The minimum absolute atomic E-state index is 0.0506. The third kappa shape index (κ3) is 5.85. The van der Waals surface area contributed by atoms with E-state index in [-0.39, 0.29) is 17.8 Å². The van der Waals surface area contributed by atoms with Gasteiger partial charge in [0.1, 0.15) is 5.75 Å². The molecule has 0 saturated carbocycles. The number of nitrogens with two attached hydrogens (primary N) is 1. The van der Waals surface area contributed by atoms with Crippen LogP contribution in [0.3, 0.4) is 0 Å². The lowest BCUT2D eigenvalue weighted by Crippen LogP contribution is -2.35. The summed E-state index contributed by atoms with van der Waals surface area (Å²) in [5, 5.41) is 2.62. The van der Waals surface area contributed by atoms with Gasteiger partial charge in [0.15, 0.2) is 6.61 Å². The number of benzene rings is 1. The smallest absolute Gasteiger partial charge is 0.257 e. The van der Waals surface area contributed by atoms with Crippen molar-refractivity contribution in [2.45, 2.75) is 18.7 Å². The lowest BCUT2D eigenvalue weighted by molar-refractivity contribution is -0.123. The third-order valence-electron chi connectivity index (χ3n) is 2.68. The van der Waals surface area contributed by atoms with Gasteiger partial charge in [-0.1, -0.05) is 12.1 Å². The van der Waals surface area contributed by atoms with Crippen molar-refractivity contribution in [2.24, 2.45) is 5.73 Å². The van der Waals surface area contributed by atoms with Crippen LogP contribution in [0.5, 0.6) is 5.75 Å². The number of hydrogen-bond donors (Lipinski definition) is 2. The van der Waals surface area contributed by atoms with Crippen LogP contribution in [0.25, 0.3) is 0 Å². The van der Waals surface area contributed by atoms with Crippen LogP contribution >= 0.6 is 0 Å². The van der Waals surface area contributed by atoms with Crippen LogP contribution in [0.1, 0.15) is 12.5 Å². The predicted molar refractivity (Wildman–Crippen MR) is 76.4 cm³/mol. The van der Waals surface area contributed by atoms with Crippen molar-refractivity contribution in [3.05, 3.63) is 29.8 Å². The molecule has 1 aromatic rings. The van der Waals surface area contributed by atoms with Crippen molar-refractivity contribution in [1.82, 2.24) is 5.32 Å². The molecule has 106 valence electrons. The number of amides is 1. The quantitative estimate of drug-likeness (QED) is 0.760. The minimum Gasteiger partial charge on any atom is -0.484 e. The molecule has 1 rings (SSSR count). The first-order valence-electron chi connectivity index (χ1n) is 6.03. The highest BCUT2D eigenvalue weighted by atomic mass is 32.2. The molecule has 0 saturated heterocycles. The number of carbonyl (C=O) groups excluding carboxylic acids is 1. The summed E-state index contributed by atoms with van der Waals surface area (Å²) < 4.78 is 16.4. The highest BCUT2D eigenvalue weighted by Crippen LogP contribution is 2.11.